The van der Waals surface area contributed by atoms with Crippen LogP contribution in [0.25, 0.3) is 5.65 Å². The van der Waals surface area contributed by atoms with E-state index in [2.05, 4.69) is 10.3 Å². The molecule has 4 nitrogen and oxygen atoms in total. The van der Waals surface area contributed by atoms with Gasteiger partial charge in [-0.15, -0.1) is 0 Å². The van der Waals surface area contributed by atoms with Gasteiger partial charge < -0.3 is 9.72 Å². The molecule has 1 N–H and O–H groups in total. The molecule has 106 valence electrons. The maximum atomic E-state index is 13.1. The molecule has 21 heavy (non-hydrogen) atoms. The van der Waals surface area contributed by atoms with Crippen LogP contribution in [0.1, 0.15) is 5.69 Å². The van der Waals surface area contributed by atoms with Crippen molar-refractivity contribution in [3.05, 3.63) is 65.3 Å². The summed E-state index contributed by atoms with van der Waals surface area (Å²) in [6, 6.07) is 9.88. The summed E-state index contributed by atoms with van der Waals surface area (Å²) in [6.07, 6.45) is 3.04. The van der Waals surface area contributed by atoms with Crippen molar-refractivity contribution in [3.8, 4) is 0 Å². The molecule has 0 saturated carbocycles. The van der Waals surface area contributed by atoms with Gasteiger partial charge in [0.2, 0.25) is 5.91 Å². The molecule has 0 atom stereocenters. The average Bonchev–Trinajstić information content (AvgIpc) is 2.82. The van der Waals surface area contributed by atoms with Crippen LogP contribution in [0.5, 0.6) is 0 Å². The van der Waals surface area contributed by atoms with Gasteiger partial charge in [-0.25, -0.2) is 9.37 Å². The molecule has 6 heteroatoms. The maximum absolute atomic E-state index is 13.1. The van der Waals surface area contributed by atoms with Crippen LogP contribution in [0.3, 0.4) is 0 Å². The van der Waals surface area contributed by atoms with Gasteiger partial charge in [-0.1, -0.05) is 23.7 Å². The highest BCUT2D eigenvalue weighted by atomic mass is 35.5. The number of halogens is 2. The number of hydrogen-bond donors (Lipinski definition) is 1. The number of anilines is 1. The van der Waals surface area contributed by atoms with Gasteiger partial charge in [-0.3, -0.25) is 4.79 Å². The van der Waals surface area contributed by atoms with Gasteiger partial charge in [0.15, 0.2) is 0 Å². The fourth-order valence-corrected chi connectivity index (χ4v) is 2.21. The largest absolute Gasteiger partial charge is 0.324 e. The first-order chi connectivity index (χ1) is 10.1. The molecule has 2 aromatic heterocycles. The third-order valence-electron chi connectivity index (χ3n) is 2.95. The number of imidazole rings is 1. The lowest BCUT2D eigenvalue weighted by Crippen LogP contribution is -2.14. The molecular weight excluding hydrogens is 293 g/mol. The van der Waals surface area contributed by atoms with Crippen molar-refractivity contribution in [2.75, 3.05) is 5.32 Å². The van der Waals surface area contributed by atoms with Crippen molar-refractivity contribution in [1.82, 2.24) is 9.38 Å². The molecule has 2 heterocycles. The molecule has 0 fully saturated rings. The third kappa shape index (κ3) is 3.03. The second-order valence-electron chi connectivity index (χ2n) is 4.55. The summed E-state index contributed by atoms with van der Waals surface area (Å²) in [5, 5.41) is 3.20. The van der Waals surface area contributed by atoms with Crippen LogP contribution in [0, 0.1) is 5.82 Å². The molecule has 3 rings (SSSR count). The Bertz CT molecular complexity index is 816. The van der Waals surface area contributed by atoms with Crippen molar-refractivity contribution in [2.45, 2.75) is 6.42 Å². The highest BCUT2D eigenvalue weighted by molar-refractivity contribution is 6.33. The van der Waals surface area contributed by atoms with E-state index in [4.69, 9.17) is 11.6 Å². The molecule has 0 saturated heterocycles. The van der Waals surface area contributed by atoms with Crippen LogP contribution >= 0.6 is 11.6 Å². The number of aromatic nitrogens is 2. The average molecular weight is 304 g/mol. The van der Waals surface area contributed by atoms with Gasteiger partial charge in [0.25, 0.3) is 0 Å². The van der Waals surface area contributed by atoms with Gasteiger partial charge in [0.1, 0.15) is 11.5 Å². The van der Waals surface area contributed by atoms with E-state index in [0.29, 0.717) is 22.1 Å². The molecule has 3 aromatic rings. The lowest BCUT2D eigenvalue weighted by atomic mass is 10.3. The summed E-state index contributed by atoms with van der Waals surface area (Å²) < 4.78 is 14.6. The zero-order valence-electron chi connectivity index (χ0n) is 10.9. The Morgan fingerprint density at radius 2 is 2.05 bits per heavy atom. The van der Waals surface area contributed by atoms with Crippen LogP contribution in [-0.4, -0.2) is 15.3 Å². The van der Waals surface area contributed by atoms with Gasteiger partial charge >= 0.3 is 0 Å². The van der Waals surface area contributed by atoms with Gasteiger partial charge in [0.05, 0.1) is 22.8 Å². The van der Waals surface area contributed by atoms with E-state index in [-0.39, 0.29) is 18.1 Å². The first-order valence-corrected chi connectivity index (χ1v) is 6.67. The molecule has 0 bridgehead atoms. The van der Waals surface area contributed by atoms with Gasteiger partial charge in [-0.05, 0) is 24.3 Å². The van der Waals surface area contributed by atoms with Crippen molar-refractivity contribution < 1.29 is 9.18 Å². The Morgan fingerprint density at radius 1 is 1.24 bits per heavy atom. The number of nitrogens with zero attached hydrogens (tertiary/aromatic N) is 2. The fraction of sp³-hybridized carbons (Fsp3) is 0.0667. The number of nitrogens with one attached hydrogen (secondary N) is 1. The van der Waals surface area contributed by atoms with E-state index >= 15 is 0 Å². The Balaban J connectivity index is 1.75. The molecule has 0 radical (unpaired) electrons. The van der Waals surface area contributed by atoms with E-state index in [1.165, 1.54) is 12.3 Å². The molecule has 0 aliphatic carbocycles. The van der Waals surface area contributed by atoms with Crippen LogP contribution in [0.2, 0.25) is 5.02 Å². The Labute approximate surface area is 125 Å². The minimum atomic E-state index is -0.355. The second-order valence-corrected chi connectivity index (χ2v) is 4.96. The Hall–Kier alpha value is -2.40. The molecular formula is C15H11ClFN3O. The fourth-order valence-electron chi connectivity index (χ4n) is 2.02. The lowest BCUT2D eigenvalue weighted by molar-refractivity contribution is -0.115. The molecule has 1 amide bonds. The minimum absolute atomic E-state index is 0.0918. The summed E-state index contributed by atoms with van der Waals surface area (Å²) in [6.45, 7) is 0. The number of amides is 1. The van der Waals surface area contributed by atoms with E-state index in [1.807, 2.05) is 0 Å². The highest BCUT2D eigenvalue weighted by Crippen LogP contribution is 2.20. The quantitative estimate of drug-likeness (QED) is 0.807. The molecule has 1 aromatic carbocycles. The molecule has 0 unspecified atom stereocenters. The number of hydrogen-bond acceptors (Lipinski definition) is 2. The van der Waals surface area contributed by atoms with Gasteiger partial charge in [-0.2, -0.15) is 0 Å². The summed E-state index contributed by atoms with van der Waals surface area (Å²) >= 11 is 5.98. The van der Waals surface area contributed by atoms with Crippen LogP contribution in [0.4, 0.5) is 10.1 Å². The van der Waals surface area contributed by atoms with Crippen molar-refractivity contribution in [3.63, 3.8) is 0 Å². The van der Waals surface area contributed by atoms with Crippen molar-refractivity contribution in [2.24, 2.45) is 0 Å². The van der Waals surface area contributed by atoms with Crippen LogP contribution < -0.4 is 5.32 Å². The monoisotopic (exact) mass is 303 g/mol. The van der Waals surface area contributed by atoms with Crippen molar-refractivity contribution >= 4 is 28.8 Å². The van der Waals surface area contributed by atoms with Crippen molar-refractivity contribution in [1.29, 1.82) is 0 Å². The van der Waals surface area contributed by atoms with Gasteiger partial charge in [0, 0.05) is 12.4 Å². The first kappa shape index (κ1) is 13.6. The summed E-state index contributed by atoms with van der Waals surface area (Å²) in [4.78, 5) is 16.2. The first-order valence-electron chi connectivity index (χ1n) is 6.29. The zero-order valence-corrected chi connectivity index (χ0v) is 11.6. The number of carbonyl (C=O) groups is 1. The number of benzene rings is 1. The topological polar surface area (TPSA) is 46.4 Å². The SMILES string of the molecule is O=C(Cc1cn2cc(F)ccc2n1)Nc1ccccc1Cl. The predicted octanol–water partition coefficient (Wildman–Crippen LogP) is 3.31. The Morgan fingerprint density at radius 3 is 2.86 bits per heavy atom. The van der Waals surface area contributed by atoms with E-state index in [1.54, 1.807) is 40.9 Å². The number of carbonyl (C=O) groups excluding carboxylic acids is 1. The number of rotatable bonds is 3. The minimum Gasteiger partial charge on any atom is -0.324 e. The van der Waals surface area contributed by atoms with E-state index in [0.717, 1.165) is 0 Å². The second kappa shape index (κ2) is 5.54. The van der Waals surface area contributed by atoms with E-state index < -0.39 is 0 Å². The third-order valence-corrected chi connectivity index (χ3v) is 3.28. The zero-order chi connectivity index (χ0) is 14.8. The lowest BCUT2D eigenvalue weighted by Gasteiger charge is -2.05. The van der Waals surface area contributed by atoms with Crippen LogP contribution in [0.15, 0.2) is 48.8 Å². The smallest absolute Gasteiger partial charge is 0.230 e. The number of pyridine rings is 1. The summed E-state index contributed by atoms with van der Waals surface area (Å²) in [7, 11) is 0. The standard InChI is InChI=1S/C15H11ClFN3O/c16-12-3-1-2-4-13(12)19-15(21)7-11-9-20-8-10(17)5-6-14(20)18-11/h1-6,8-9H,7H2,(H,19,21). The predicted molar refractivity (Wildman–Crippen MR) is 78.9 cm³/mol. The molecule has 0 aliphatic rings. The normalized spacial score (nSPS) is 10.8. The molecule has 0 spiro atoms. The Kier molecular flexibility index (Phi) is 3.58. The number of para-hydroxylation sites is 1. The van der Waals surface area contributed by atoms with Crippen LogP contribution in [-0.2, 0) is 11.2 Å². The molecule has 0 aliphatic heterocycles. The number of fused-ring (bicyclic) bond motifs is 1. The van der Waals surface area contributed by atoms with E-state index in [9.17, 15) is 9.18 Å². The summed E-state index contributed by atoms with van der Waals surface area (Å²) in [5.74, 6) is -0.584. The highest BCUT2D eigenvalue weighted by Gasteiger charge is 2.09. The summed E-state index contributed by atoms with van der Waals surface area (Å²) in [5.41, 5.74) is 1.71. The maximum Gasteiger partial charge on any atom is 0.230 e.